The van der Waals surface area contributed by atoms with Gasteiger partial charge in [-0.3, -0.25) is 4.79 Å². The summed E-state index contributed by atoms with van der Waals surface area (Å²) in [7, 11) is 0. The lowest BCUT2D eigenvalue weighted by Crippen LogP contribution is -2.53. The first-order valence-corrected chi connectivity index (χ1v) is 7.72. The van der Waals surface area contributed by atoms with E-state index in [0.717, 1.165) is 0 Å². The number of carbonyl (C=O) groups is 1. The maximum atomic E-state index is 12.9. The van der Waals surface area contributed by atoms with E-state index in [0.29, 0.717) is 30.8 Å². The van der Waals surface area contributed by atoms with E-state index in [1.54, 1.807) is 11.0 Å². The Kier molecular flexibility index (Phi) is 4.71. The molecular weight excluding hydrogens is 313 g/mol. The number of aromatic nitrogens is 2. The van der Waals surface area contributed by atoms with Crippen molar-refractivity contribution in [1.29, 1.82) is 0 Å². The molecule has 6 nitrogen and oxygen atoms in total. The largest absolute Gasteiger partial charge is 0.491 e. The number of hydrogen-bond donors (Lipinski definition) is 1. The van der Waals surface area contributed by atoms with Gasteiger partial charge in [0, 0.05) is 12.7 Å². The Morgan fingerprint density at radius 3 is 2.83 bits per heavy atom. The van der Waals surface area contributed by atoms with Crippen LogP contribution in [0.1, 0.15) is 23.3 Å². The highest BCUT2D eigenvalue weighted by Gasteiger charge is 2.36. The van der Waals surface area contributed by atoms with E-state index < -0.39 is 5.60 Å². The average molecular weight is 331 g/mol. The minimum atomic E-state index is -1.14. The summed E-state index contributed by atoms with van der Waals surface area (Å²) in [4.78, 5) is 21.8. The molecule has 0 bridgehead atoms. The summed E-state index contributed by atoms with van der Waals surface area (Å²) in [5.74, 6) is -0.110. The van der Waals surface area contributed by atoms with Gasteiger partial charge in [0.25, 0.3) is 5.91 Å². The minimum absolute atomic E-state index is 0.0339. The van der Waals surface area contributed by atoms with Crippen molar-refractivity contribution in [2.45, 2.75) is 18.4 Å². The molecule has 0 saturated carbocycles. The fraction of sp³-hybridized carbons (Fsp3) is 0.353. The maximum absolute atomic E-state index is 12.9. The molecule has 1 saturated heterocycles. The third-order valence-electron chi connectivity index (χ3n) is 3.96. The third-order valence-corrected chi connectivity index (χ3v) is 3.96. The van der Waals surface area contributed by atoms with Gasteiger partial charge in [-0.1, -0.05) is 0 Å². The number of piperidine rings is 1. The first-order valence-electron chi connectivity index (χ1n) is 7.72. The van der Waals surface area contributed by atoms with E-state index in [-0.39, 0.29) is 24.9 Å². The molecule has 0 unspecified atom stereocenters. The van der Waals surface area contributed by atoms with Gasteiger partial charge >= 0.3 is 0 Å². The maximum Gasteiger partial charge on any atom is 0.272 e. The lowest BCUT2D eigenvalue weighted by atomic mass is 9.93. The van der Waals surface area contributed by atoms with E-state index in [4.69, 9.17) is 4.74 Å². The summed E-state index contributed by atoms with van der Waals surface area (Å²) in [6.45, 7) is 0.755. The number of rotatable bonds is 4. The smallest absolute Gasteiger partial charge is 0.272 e. The highest BCUT2D eigenvalue weighted by Crippen LogP contribution is 2.24. The predicted octanol–water partition coefficient (Wildman–Crippen LogP) is 1.66. The number of likely N-dealkylation sites (tertiary alicyclic amines) is 1. The summed E-state index contributed by atoms with van der Waals surface area (Å²) in [5, 5.41) is 10.7. The van der Waals surface area contributed by atoms with Crippen LogP contribution in [0.3, 0.4) is 0 Å². The molecule has 1 aromatic heterocycles. The van der Waals surface area contributed by atoms with Crippen LogP contribution in [0.4, 0.5) is 4.39 Å². The van der Waals surface area contributed by atoms with Crippen molar-refractivity contribution in [2.75, 3.05) is 19.7 Å². The molecule has 7 heteroatoms. The second-order valence-corrected chi connectivity index (χ2v) is 5.89. The lowest BCUT2D eigenvalue weighted by Gasteiger charge is -2.38. The number of carbonyl (C=O) groups excluding carboxylic acids is 1. The van der Waals surface area contributed by atoms with Gasteiger partial charge in [-0.05, 0) is 43.2 Å². The quantitative estimate of drug-likeness (QED) is 0.922. The Labute approximate surface area is 138 Å². The average Bonchev–Trinajstić information content (AvgIpc) is 2.61. The molecule has 1 aliphatic rings. The van der Waals surface area contributed by atoms with E-state index in [1.807, 2.05) is 0 Å². The zero-order valence-corrected chi connectivity index (χ0v) is 13.1. The molecule has 1 aromatic carbocycles. The van der Waals surface area contributed by atoms with Gasteiger partial charge in [0.1, 0.15) is 35.8 Å². The standard InChI is InChI=1S/C17H18FN3O3/c18-13-2-4-14(5-3-13)24-11-17(23)7-1-9-21(10-17)16(22)15-6-8-19-12-20-15/h2-6,8,12,23H,1,7,9-11H2/t17-/m1/s1. The molecule has 1 N–H and O–H groups in total. The van der Waals surface area contributed by atoms with Crippen LogP contribution in [0.25, 0.3) is 0 Å². The normalized spacial score (nSPS) is 20.7. The van der Waals surface area contributed by atoms with Crippen molar-refractivity contribution in [3.63, 3.8) is 0 Å². The van der Waals surface area contributed by atoms with Gasteiger partial charge < -0.3 is 14.7 Å². The van der Waals surface area contributed by atoms with Crippen molar-refractivity contribution in [2.24, 2.45) is 0 Å². The number of benzene rings is 1. The molecule has 1 fully saturated rings. The summed E-state index contributed by atoms with van der Waals surface area (Å²) in [6.07, 6.45) is 4.02. The highest BCUT2D eigenvalue weighted by atomic mass is 19.1. The molecule has 24 heavy (non-hydrogen) atoms. The van der Waals surface area contributed by atoms with Gasteiger partial charge in [-0.2, -0.15) is 0 Å². The predicted molar refractivity (Wildman–Crippen MR) is 84.0 cm³/mol. The number of nitrogens with zero attached hydrogens (tertiary/aromatic N) is 3. The van der Waals surface area contributed by atoms with Crippen LogP contribution in [-0.2, 0) is 0 Å². The second-order valence-electron chi connectivity index (χ2n) is 5.89. The molecule has 2 heterocycles. The second kappa shape index (κ2) is 6.92. The first kappa shape index (κ1) is 16.3. The number of aliphatic hydroxyl groups is 1. The van der Waals surface area contributed by atoms with E-state index in [2.05, 4.69) is 9.97 Å². The number of halogens is 1. The number of hydrogen-bond acceptors (Lipinski definition) is 5. The van der Waals surface area contributed by atoms with Crippen molar-refractivity contribution < 1.29 is 19.0 Å². The van der Waals surface area contributed by atoms with Gasteiger partial charge in [-0.15, -0.1) is 0 Å². The molecule has 1 atom stereocenters. The first-order chi connectivity index (χ1) is 11.6. The Bertz CT molecular complexity index is 696. The molecule has 1 amide bonds. The van der Waals surface area contributed by atoms with E-state index in [9.17, 15) is 14.3 Å². The Balaban J connectivity index is 1.63. The van der Waals surface area contributed by atoms with Crippen molar-refractivity contribution >= 4 is 5.91 Å². The van der Waals surface area contributed by atoms with Crippen molar-refractivity contribution in [3.05, 3.63) is 54.4 Å². The summed E-state index contributed by atoms with van der Waals surface area (Å²) < 4.78 is 18.5. The zero-order valence-electron chi connectivity index (χ0n) is 13.1. The summed E-state index contributed by atoms with van der Waals surface area (Å²) >= 11 is 0. The van der Waals surface area contributed by atoms with Crippen LogP contribution in [0.2, 0.25) is 0 Å². The molecule has 2 aromatic rings. The molecule has 0 aliphatic carbocycles. The summed E-state index contributed by atoms with van der Waals surface area (Å²) in [6, 6.07) is 7.15. The van der Waals surface area contributed by atoms with Crippen LogP contribution in [0, 0.1) is 5.82 Å². The topological polar surface area (TPSA) is 75.6 Å². The van der Waals surface area contributed by atoms with Crippen LogP contribution in [0.15, 0.2) is 42.9 Å². The Morgan fingerprint density at radius 2 is 2.12 bits per heavy atom. The number of ether oxygens (including phenoxy) is 1. The van der Waals surface area contributed by atoms with E-state index >= 15 is 0 Å². The van der Waals surface area contributed by atoms with Crippen molar-refractivity contribution in [3.8, 4) is 5.75 Å². The molecule has 126 valence electrons. The summed E-state index contributed by atoms with van der Waals surface area (Å²) in [5.41, 5.74) is -0.844. The Hall–Kier alpha value is -2.54. The highest BCUT2D eigenvalue weighted by molar-refractivity contribution is 5.92. The SMILES string of the molecule is O=C(c1ccncn1)N1CCC[C@](O)(COc2ccc(F)cc2)C1. The van der Waals surface area contributed by atoms with Gasteiger partial charge in [0.2, 0.25) is 0 Å². The molecule has 1 aliphatic heterocycles. The van der Waals surface area contributed by atoms with Crippen LogP contribution < -0.4 is 4.74 Å². The fourth-order valence-corrected chi connectivity index (χ4v) is 2.73. The molecular formula is C17H18FN3O3. The van der Waals surface area contributed by atoms with Gasteiger partial charge in [-0.25, -0.2) is 14.4 Å². The third kappa shape index (κ3) is 3.86. The van der Waals surface area contributed by atoms with E-state index in [1.165, 1.54) is 36.8 Å². The Morgan fingerprint density at radius 1 is 1.33 bits per heavy atom. The van der Waals surface area contributed by atoms with Crippen LogP contribution >= 0.6 is 0 Å². The van der Waals surface area contributed by atoms with Crippen molar-refractivity contribution in [1.82, 2.24) is 14.9 Å². The van der Waals surface area contributed by atoms with Crippen LogP contribution in [-0.4, -0.2) is 51.2 Å². The fourth-order valence-electron chi connectivity index (χ4n) is 2.73. The van der Waals surface area contributed by atoms with Gasteiger partial charge in [0.05, 0.1) is 6.54 Å². The molecule has 0 spiro atoms. The minimum Gasteiger partial charge on any atom is -0.491 e. The number of amides is 1. The number of β-amino-alcohol motifs (C(OH)–C–C–N with tert-alkyl or cyclic N) is 1. The van der Waals surface area contributed by atoms with Crippen LogP contribution in [0.5, 0.6) is 5.75 Å². The molecule has 0 radical (unpaired) electrons. The molecule has 3 rings (SSSR count). The monoisotopic (exact) mass is 331 g/mol. The lowest BCUT2D eigenvalue weighted by molar-refractivity contribution is -0.0533. The zero-order chi connectivity index (χ0) is 17.0. The van der Waals surface area contributed by atoms with Gasteiger partial charge in [0.15, 0.2) is 0 Å².